The van der Waals surface area contributed by atoms with Gasteiger partial charge in [-0.2, -0.15) is 0 Å². The fourth-order valence-corrected chi connectivity index (χ4v) is 0.962. The lowest BCUT2D eigenvalue weighted by atomic mass is 10.3. The second kappa shape index (κ2) is 20.7. The molecular formula is C16H24O2. The number of allylic oxidation sites excluding steroid dienone is 8. The molecule has 0 atom stereocenters. The molecule has 0 saturated carbocycles. The molecule has 100 valence electrons. The van der Waals surface area contributed by atoms with Crippen LogP contribution < -0.4 is 0 Å². The average Bonchev–Trinajstić information content (AvgIpc) is 2.39. The molecule has 0 heterocycles. The average molecular weight is 248 g/mol. The van der Waals surface area contributed by atoms with Gasteiger partial charge in [0.25, 0.3) is 0 Å². The molecule has 0 rings (SSSR count). The molecule has 18 heavy (non-hydrogen) atoms. The maximum Gasteiger partial charge on any atom is 0.142 e. The minimum Gasteiger partial charge on any atom is -0.299 e. The zero-order chi connectivity index (χ0) is 13.9. The minimum absolute atomic E-state index is 0.774. The fraction of sp³-hybridized carbons (Fsp3) is 0.375. The van der Waals surface area contributed by atoms with Crippen molar-refractivity contribution in [3.63, 3.8) is 0 Å². The first-order valence-corrected chi connectivity index (χ1v) is 6.31. The maximum absolute atomic E-state index is 9.73. The van der Waals surface area contributed by atoms with Crippen molar-refractivity contribution in [2.75, 3.05) is 0 Å². The molecule has 0 saturated heterocycles. The highest BCUT2D eigenvalue weighted by Gasteiger charge is 1.72. The molecular weight excluding hydrogens is 224 g/mol. The number of hydrogen-bond acceptors (Lipinski definition) is 2. The summed E-state index contributed by atoms with van der Waals surface area (Å²) in [6.45, 7) is 4.11. The van der Waals surface area contributed by atoms with E-state index in [4.69, 9.17) is 0 Å². The van der Waals surface area contributed by atoms with E-state index in [-0.39, 0.29) is 0 Å². The smallest absolute Gasteiger partial charge is 0.142 e. The summed E-state index contributed by atoms with van der Waals surface area (Å²) >= 11 is 0. The molecule has 0 aromatic heterocycles. The van der Waals surface area contributed by atoms with E-state index in [2.05, 4.69) is 13.0 Å². The van der Waals surface area contributed by atoms with Crippen molar-refractivity contribution in [1.82, 2.24) is 0 Å². The molecule has 0 aliphatic carbocycles. The Kier molecular flexibility index (Phi) is 21.4. The normalized spacial score (nSPS) is 11.2. The Hall–Kier alpha value is -1.70. The van der Waals surface area contributed by atoms with E-state index < -0.39 is 0 Å². The lowest BCUT2D eigenvalue weighted by Crippen LogP contribution is -1.64. The second-order valence-corrected chi connectivity index (χ2v) is 3.45. The number of hydrogen-bond donors (Lipinski definition) is 0. The van der Waals surface area contributed by atoms with Crippen LogP contribution in [-0.2, 0) is 9.59 Å². The predicted molar refractivity (Wildman–Crippen MR) is 78.5 cm³/mol. The molecule has 0 N–H and O–H groups in total. The second-order valence-electron chi connectivity index (χ2n) is 3.45. The van der Waals surface area contributed by atoms with E-state index in [1.165, 1.54) is 12.2 Å². The summed E-state index contributed by atoms with van der Waals surface area (Å²) in [6, 6.07) is 0. The molecule has 0 aliphatic rings. The number of rotatable bonds is 8. The lowest BCUT2D eigenvalue weighted by molar-refractivity contribution is -0.104. The van der Waals surface area contributed by atoms with Gasteiger partial charge >= 0.3 is 0 Å². The van der Waals surface area contributed by atoms with Gasteiger partial charge in [0, 0.05) is 0 Å². The standard InChI is InChI=1S/2C8H12O/c2*1-2-3-4-5-6-7-8-9/h4-8H,2-3H2,1H3;2-3,6-8H,4-5H2,1H3. The summed E-state index contributed by atoms with van der Waals surface area (Å²) < 4.78 is 0. The molecule has 0 unspecified atom stereocenters. The van der Waals surface area contributed by atoms with Gasteiger partial charge in [-0.05, 0) is 38.3 Å². The van der Waals surface area contributed by atoms with Gasteiger partial charge in [0.2, 0.25) is 0 Å². The third-order valence-electron chi connectivity index (χ3n) is 1.84. The summed E-state index contributed by atoms with van der Waals surface area (Å²) in [4.78, 5) is 19.4. The van der Waals surface area contributed by atoms with Gasteiger partial charge in [-0.3, -0.25) is 9.59 Å². The maximum atomic E-state index is 9.73. The summed E-state index contributed by atoms with van der Waals surface area (Å²) in [5, 5.41) is 0. The van der Waals surface area contributed by atoms with Crippen LogP contribution in [0.2, 0.25) is 0 Å². The Balaban J connectivity index is 0. The molecule has 0 aromatic rings. The Morgan fingerprint density at radius 2 is 1.33 bits per heavy atom. The van der Waals surface area contributed by atoms with Crippen LogP contribution in [0, 0.1) is 0 Å². The first kappa shape index (κ1) is 18.7. The summed E-state index contributed by atoms with van der Waals surface area (Å²) in [7, 11) is 0. The van der Waals surface area contributed by atoms with E-state index in [1.807, 2.05) is 31.2 Å². The largest absolute Gasteiger partial charge is 0.299 e. The van der Waals surface area contributed by atoms with Gasteiger partial charge in [-0.25, -0.2) is 0 Å². The van der Waals surface area contributed by atoms with Crippen LogP contribution in [0.3, 0.4) is 0 Å². The molecule has 0 aromatic carbocycles. The topological polar surface area (TPSA) is 34.1 Å². The number of carbonyl (C=O) groups excluding carboxylic acids is 2. The van der Waals surface area contributed by atoms with E-state index in [9.17, 15) is 9.59 Å². The monoisotopic (exact) mass is 248 g/mol. The van der Waals surface area contributed by atoms with Crippen molar-refractivity contribution >= 4 is 12.6 Å². The lowest BCUT2D eigenvalue weighted by Gasteiger charge is -1.81. The van der Waals surface area contributed by atoms with E-state index in [0.29, 0.717) is 0 Å². The summed E-state index contributed by atoms with van der Waals surface area (Å²) in [6.07, 6.45) is 20.4. The fourth-order valence-electron chi connectivity index (χ4n) is 0.962. The van der Waals surface area contributed by atoms with Crippen LogP contribution >= 0.6 is 0 Å². The Bertz CT molecular complexity index is 283. The SMILES string of the molecule is CC=CCCC=CC=O.CCCC=CC=CC=O. The summed E-state index contributed by atoms with van der Waals surface area (Å²) in [5.41, 5.74) is 0. The summed E-state index contributed by atoms with van der Waals surface area (Å²) in [5.74, 6) is 0. The van der Waals surface area contributed by atoms with Gasteiger partial charge < -0.3 is 0 Å². The van der Waals surface area contributed by atoms with Crippen LogP contribution in [0.4, 0.5) is 0 Å². The zero-order valence-corrected chi connectivity index (χ0v) is 11.4. The zero-order valence-electron chi connectivity index (χ0n) is 11.4. The van der Waals surface area contributed by atoms with Gasteiger partial charge in [0.15, 0.2) is 0 Å². The number of unbranched alkanes of at least 4 members (excludes halogenated alkanes) is 2. The molecule has 0 spiro atoms. The van der Waals surface area contributed by atoms with E-state index >= 15 is 0 Å². The molecule has 0 amide bonds. The first-order valence-electron chi connectivity index (χ1n) is 6.31. The van der Waals surface area contributed by atoms with Gasteiger partial charge in [-0.1, -0.05) is 49.8 Å². The quantitative estimate of drug-likeness (QED) is 0.212. The van der Waals surface area contributed by atoms with E-state index in [0.717, 1.165) is 38.3 Å². The highest BCUT2D eigenvalue weighted by molar-refractivity contribution is 5.65. The highest BCUT2D eigenvalue weighted by Crippen LogP contribution is 1.90. The highest BCUT2D eigenvalue weighted by atomic mass is 16.1. The van der Waals surface area contributed by atoms with Crippen molar-refractivity contribution in [2.24, 2.45) is 0 Å². The Morgan fingerprint density at radius 1 is 0.722 bits per heavy atom. The van der Waals surface area contributed by atoms with Crippen molar-refractivity contribution in [3.05, 3.63) is 48.6 Å². The number of aldehydes is 2. The van der Waals surface area contributed by atoms with Crippen LogP contribution in [0.5, 0.6) is 0 Å². The van der Waals surface area contributed by atoms with Crippen LogP contribution in [0.15, 0.2) is 48.6 Å². The van der Waals surface area contributed by atoms with Crippen LogP contribution in [0.1, 0.15) is 39.5 Å². The molecule has 0 aliphatic heterocycles. The van der Waals surface area contributed by atoms with Crippen LogP contribution in [0.25, 0.3) is 0 Å². The Morgan fingerprint density at radius 3 is 1.89 bits per heavy atom. The molecule has 0 bridgehead atoms. The predicted octanol–water partition coefficient (Wildman–Crippen LogP) is 4.20. The van der Waals surface area contributed by atoms with Crippen LogP contribution in [-0.4, -0.2) is 12.6 Å². The van der Waals surface area contributed by atoms with Gasteiger partial charge in [0.05, 0.1) is 0 Å². The molecule has 0 fully saturated rings. The molecule has 2 heteroatoms. The van der Waals surface area contributed by atoms with Gasteiger partial charge in [0.1, 0.15) is 12.6 Å². The van der Waals surface area contributed by atoms with Crippen molar-refractivity contribution in [3.8, 4) is 0 Å². The third kappa shape index (κ3) is 23.8. The molecule has 2 nitrogen and oxygen atoms in total. The van der Waals surface area contributed by atoms with Crippen molar-refractivity contribution in [1.29, 1.82) is 0 Å². The number of carbonyl (C=O) groups is 2. The van der Waals surface area contributed by atoms with Crippen molar-refractivity contribution in [2.45, 2.75) is 39.5 Å². The van der Waals surface area contributed by atoms with Gasteiger partial charge in [-0.15, -0.1) is 0 Å². The molecule has 0 radical (unpaired) electrons. The Labute approximate surface area is 111 Å². The minimum atomic E-state index is 0.774. The third-order valence-corrected chi connectivity index (χ3v) is 1.84. The first-order chi connectivity index (χ1) is 8.83. The van der Waals surface area contributed by atoms with E-state index in [1.54, 1.807) is 6.08 Å². The van der Waals surface area contributed by atoms with Crippen molar-refractivity contribution < 1.29 is 9.59 Å².